The largest absolute Gasteiger partial charge is 0.424 e. The standard InChI is InChI=1S/C10H19N3OS/c1-10(2,3)11-6-5-8-12-13-9(14-8)7-15-4/h11H,5-7H2,1-4H3. The number of nitrogens with one attached hydrogen (secondary N) is 1. The van der Waals surface area contributed by atoms with Crippen molar-refractivity contribution in [1.82, 2.24) is 15.5 Å². The van der Waals surface area contributed by atoms with E-state index in [1.165, 1.54) is 0 Å². The highest BCUT2D eigenvalue weighted by Crippen LogP contribution is 2.08. The van der Waals surface area contributed by atoms with Gasteiger partial charge in [-0.2, -0.15) is 11.8 Å². The second-order valence-electron chi connectivity index (χ2n) is 4.45. The van der Waals surface area contributed by atoms with Crippen LogP contribution in [0.25, 0.3) is 0 Å². The first kappa shape index (κ1) is 12.5. The Morgan fingerprint density at radius 2 is 1.93 bits per heavy atom. The van der Waals surface area contributed by atoms with Crippen LogP contribution >= 0.6 is 11.8 Å². The molecule has 1 aromatic heterocycles. The van der Waals surface area contributed by atoms with Crippen molar-refractivity contribution in [3.05, 3.63) is 11.8 Å². The molecule has 0 aromatic carbocycles. The molecule has 1 N–H and O–H groups in total. The van der Waals surface area contributed by atoms with E-state index in [-0.39, 0.29) is 5.54 Å². The van der Waals surface area contributed by atoms with E-state index in [1.807, 2.05) is 6.26 Å². The van der Waals surface area contributed by atoms with Crippen molar-refractivity contribution in [2.75, 3.05) is 12.8 Å². The third-order valence-electron chi connectivity index (χ3n) is 1.77. The average molecular weight is 229 g/mol. The lowest BCUT2D eigenvalue weighted by atomic mass is 10.1. The molecule has 1 rings (SSSR count). The van der Waals surface area contributed by atoms with E-state index in [9.17, 15) is 0 Å². The van der Waals surface area contributed by atoms with Crippen LogP contribution in [0.15, 0.2) is 4.42 Å². The van der Waals surface area contributed by atoms with Crippen molar-refractivity contribution in [3.63, 3.8) is 0 Å². The Labute approximate surface area is 95.2 Å². The van der Waals surface area contributed by atoms with Crippen LogP contribution in [0.5, 0.6) is 0 Å². The van der Waals surface area contributed by atoms with Crippen LogP contribution in [0.4, 0.5) is 0 Å². The first-order valence-electron chi connectivity index (χ1n) is 5.06. The van der Waals surface area contributed by atoms with Crippen molar-refractivity contribution in [1.29, 1.82) is 0 Å². The van der Waals surface area contributed by atoms with Gasteiger partial charge in [0.05, 0.1) is 5.75 Å². The average Bonchev–Trinajstić information content (AvgIpc) is 2.51. The van der Waals surface area contributed by atoms with E-state index in [2.05, 4.69) is 36.3 Å². The van der Waals surface area contributed by atoms with Crippen LogP contribution in [-0.4, -0.2) is 28.5 Å². The molecule has 0 spiro atoms. The van der Waals surface area contributed by atoms with Gasteiger partial charge in [0.1, 0.15) is 0 Å². The van der Waals surface area contributed by atoms with Crippen LogP contribution in [0.1, 0.15) is 32.6 Å². The van der Waals surface area contributed by atoms with Gasteiger partial charge in [-0.15, -0.1) is 10.2 Å². The highest BCUT2D eigenvalue weighted by molar-refractivity contribution is 7.97. The molecule has 0 radical (unpaired) electrons. The fourth-order valence-electron chi connectivity index (χ4n) is 1.12. The summed E-state index contributed by atoms with van der Waals surface area (Å²) in [7, 11) is 0. The molecule has 0 unspecified atom stereocenters. The Kier molecular flexibility index (Phi) is 4.60. The Hall–Kier alpha value is -0.550. The third-order valence-corrected chi connectivity index (χ3v) is 2.31. The zero-order chi connectivity index (χ0) is 11.3. The summed E-state index contributed by atoms with van der Waals surface area (Å²) in [6.07, 6.45) is 2.81. The number of rotatable bonds is 5. The first-order valence-corrected chi connectivity index (χ1v) is 6.46. The summed E-state index contributed by atoms with van der Waals surface area (Å²) in [5.41, 5.74) is 0.141. The van der Waals surface area contributed by atoms with Gasteiger partial charge in [0, 0.05) is 18.5 Å². The summed E-state index contributed by atoms with van der Waals surface area (Å²) in [5.74, 6) is 2.23. The Bertz CT molecular complexity index is 293. The van der Waals surface area contributed by atoms with Gasteiger partial charge in [0.25, 0.3) is 0 Å². The summed E-state index contributed by atoms with van der Waals surface area (Å²) >= 11 is 1.68. The second kappa shape index (κ2) is 5.51. The van der Waals surface area contributed by atoms with Crippen LogP contribution in [-0.2, 0) is 12.2 Å². The second-order valence-corrected chi connectivity index (χ2v) is 5.32. The molecular weight excluding hydrogens is 210 g/mol. The van der Waals surface area contributed by atoms with Gasteiger partial charge in [-0.05, 0) is 27.0 Å². The maximum atomic E-state index is 5.46. The fraction of sp³-hybridized carbons (Fsp3) is 0.800. The van der Waals surface area contributed by atoms with Crippen LogP contribution in [0, 0.1) is 0 Å². The predicted octanol–water partition coefficient (Wildman–Crippen LogP) is 1.86. The molecular formula is C10H19N3OS. The zero-order valence-corrected chi connectivity index (χ0v) is 10.6. The van der Waals surface area contributed by atoms with E-state index in [0.717, 1.165) is 24.6 Å². The monoisotopic (exact) mass is 229 g/mol. The third kappa shape index (κ3) is 5.18. The van der Waals surface area contributed by atoms with Gasteiger partial charge in [0.2, 0.25) is 11.8 Å². The van der Waals surface area contributed by atoms with E-state index in [0.29, 0.717) is 5.89 Å². The molecule has 4 nitrogen and oxygen atoms in total. The molecule has 86 valence electrons. The molecule has 0 aliphatic carbocycles. The quantitative estimate of drug-likeness (QED) is 0.835. The van der Waals surface area contributed by atoms with Crippen molar-refractivity contribution < 1.29 is 4.42 Å². The first-order chi connectivity index (χ1) is 7.01. The SMILES string of the molecule is CSCc1nnc(CCNC(C)(C)C)o1. The molecule has 15 heavy (non-hydrogen) atoms. The van der Waals surface area contributed by atoms with Gasteiger partial charge in [-0.1, -0.05) is 0 Å². The lowest BCUT2D eigenvalue weighted by molar-refractivity contribution is 0.404. The maximum absolute atomic E-state index is 5.46. The van der Waals surface area contributed by atoms with Gasteiger partial charge in [0.15, 0.2) is 0 Å². The smallest absolute Gasteiger partial charge is 0.226 e. The van der Waals surface area contributed by atoms with E-state index < -0.39 is 0 Å². The molecule has 0 atom stereocenters. The zero-order valence-electron chi connectivity index (χ0n) is 9.83. The van der Waals surface area contributed by atoms with Crippen molar-refractivity contribution in [2.24, 2.45) is 0 Å². The van der Waals surface area contributed by atoms with Gasteiger partial charge >= 0.3 is 0 Å². The summed E-state index contributed by atoms with van der Waals surface area (Å²) in [5, 5.41) is 11.3. The minimum atomic E-state index is 0.141. The lowest BCUT2D eigenvalue weighted by Gasteiger charge is -2.19. The van der Waals surface area contributed by atoms with E-state index >= 15 is 0 Å². The van der Waals surface area contributed by atoms with Gasteiger partial charge < -0.3 is 9.73 Å². The van der Waals surface area contributed by atoms with E-state index in [4.69, 9.17) is 4.42 Å². The van der Waals surface area contributed by atoms with Crippen molar-refractivity contribution >= 4 is 11.8 Å². The van der Waals surface area contributed by atoms with Gasteiger partial charge in [-0.25, -0.2) is 0 Å². The topological polar surface area (TPSA) is 51.0 Å². The number of hydrogen-bond donors (Lipinski definition) is 1. The molecule has 0 saturated carbocycles. The Balaban J connectivity index is 2.31. The number of hydrogen-bond acceptors (Lipinski definition) is 5. The molecule has 0 fully saturated rings. The van der Waals surface area contributed by atoms with Gasteiger partial charge in [-0.3, -0.25) is 0 Å². The summed E-state index contributed by atoms with van der Waals surface area (Å²) < 4.78 is 5.46. The highest BCUT2D eigenvalue weighted by atomic mass is 32.2. The minimum Gasteiger partial charge on any atom is -0.424 e. The molecule has 0 aliphatic heterocycles. The number of aromatic nitrogens is 2. The number of thioether (sulfide) groups is 1. The highest BCUT2D eigenvalue weighted by Gasteiger charge is 2.10. The van der Waals surface area contributed by atoms with Crippen molar-refractivity contribution in [3.8, 4) is 0 Å². The molecule has 5 heteroatoms. The number of nitrogens with zero attached hydrogens (tertiary/aromatic N) is 2. The summed E-state index contributed by atoms with van der Waals surface area (Å²) in [4.78, 5) is 0. The fourth-order valence-corrected chi connectivity index (χ4v) is 1.48. The normalized spacial score (nSPS) is 12.0. The maximum Gasteiger partial charge on any atom is 0.226 e. The van der Waals surface area contributed by atoms with Crippen LogP contribution < -0.4 is 5.32 Å². The Morgan fingerprint density at radius 3 is 2.53 bits per heavy atom. The molecule has 1 aromatic rings. The molecule has 0 aliphatic rings. The summed E-state index contributed by atoms with van der Waals surface area (Å²) in [6, 6.07) is 0. The minimum absolute atomic E-state index is 0.141. The van der Waals surface area contributed by atoms with E-state index in [1.54, 1.807) is 11.8 Å². The summed E-state index contributed by atoms with van der Waals surface area (Å²) in [6.45, 7) is 7.28. The molecule has 0 amide bonds. The predicted molar refractivity (Wildman–Crippen MR) is 63.0 cm³/mol. The molecule has 0 saturated heterocycles. The van der Waals surface area contributed by atoms with Crippen molar-refractivity contribution in [2.45, 2.75) is 38.5 Å². The molecule has 1 heterocycles. The van der Waals surface area contributed by atoms with Crippen LogP contribution in [0.2, 0.25) is 0 Å². The molecule has 0 bridgehead atoms. The Morgan fingerprint density at radius 1 is 1.27 bits per heavy atom. The lowest BCUT2D eigenvalue weighted by Crippen LogP contribution is -2.37. The van der Waals surface area contributed by atoms with Crippen LogP contribution in [0.3, 0.4) is 0 Å².